The number of fused-ring (bicyclic) bond motifs is 3. The van der Waals surface area contributed by atoms with E-state index < -0.39 is 0 Å². The zero-order valence-corrected chi connectivity index (χ0v) is 19.9. The van der Waals surface area contributed by atoms with Crippen molar-refractivity contribution in [1.29, 1.82) is 0 Å². The maximum absolute atomic E-state index is 8.11. The van der Waals surface area contributed by atoms with Crippen molar-refractivity contribution >= 4 is 31.5 Å². The van der Waals surface area contributed by atoms with E-state index in [4.69, 9.17) is 5.48 Å². The summed E-state index contributed by atoms with van der Waals surface area (Å²) in [4.78, 5) is 8.29. The Morgan fingerprint density at radius 2 is 1.62 bits per heavy atom. The molecule has 1 radical (unpaired) electrons. The summed E-state index contributed by atoms with van der Waals surface area (Å²) in [6.07, 6.45) is 1.50. The van der Waals surface area contributed by atoms with Gasteiger partial charge in [0, 0.05) is 37.2 Å². The fraction of sp³-hybridized carbons (Fsp3) is 0. The van der Waals surface area contributed by atoms with Gasteiger partial charge in [0.15, 0.2) is 0 Å². The van der Waals surface area contributed by atoms with Gasteiger partial charge in [0.2, 0.25) is 0 Å². The molecule has 6 aromatic rings. The van der Waals surface area contributed by atoms with Gasteiger partial charge in [-0.05, 0) is 39.6 Å². The number of aromatic nitrogens is 2. The standard InChI is InChI=1S/C17H10NS.C11H8N.Ir/c1-2-10-16-12(6-1)13-7-5-8-14(17(13)19-16)15-9-3-4-11-18-15;1-2-6-10(7-3-1)11-8-4-5-9-12-11;/h1-7,9-11H;1-6,8-9H;/q2*-1;/i3D,4D,9D,11D;;. The first-order chi connectivity index (χ1) is 17.0. The Morgan fingerprint density at radius 3 is 2.47 bits per heavy atom. The summed E-state index contributed by atoms with van der Waals surface area (Å²) in [6, 6.07) is 31.0. The molecule has 157 valence electrons. The van der Waals surface area contributed by atoms with E-state index in [-0.39, 0.29) is 50.1 Å². The molecule has 0 unspecified atom stereocenters. The fourth-order valence-corrected chi connectivity index (χ4v) is 4.49. The smallest absolute Gasteiger partial charge is 0.0830 e. The molecular formula is C28H18IrN2S-2. The third kappa shape index (κ3) is 4.68. The molecule has 32 heavy (non-hydrogen) atoms. The van der Waals surface area contributed by atoms with Crippen molar-refractivity contribution in [3.05, 3.63) is 121 Å². The van der Waals surface area contributed by atoms with Crippen molar-refractivity contribution in [2.75, 3.05) is 0 Å². The van der Waals surface area contributed by atoms with Crippen LogP contribution in [0.5, 0.6) is 0 Å². The third-order valence-electron chi connectivity index (χ3n) is 4.69. The molecule has 0 fully saturated rings. The summed E-state index contributed by atoms with van der Waals surface area (Å²) in [6.45, 7) is 0. The Hall–Kier alpha value is -3.17. The van der Waals surface area contributed by atoms with Gasteiger partial charge in [-0.15, -0.1) is 59.7 Å². The monoisotopic (exact) mass is 611 g/mol. The molecule has 0 spiro atoms. The van der Waals surface area contributed by atoms with Crippen molar-refractivity contribution < 1.29 is 25.6 Å². The maximum atomic E-state index is 8.11. The Bertz CT molecular complexity index is 1600. The second-order valence-corrected chi connectivity index (χ2v) is 7.68. The predicted molar refractivity (Wildman–Crippen MR) is 130 cm³/mol. The molecular weight excluding hydrogens is 589 g/mol. The van der Waals surface area contributed by atoms with Crippen LogP contribution >= 0.6 is 11.3 Å². The first-order valence-corrected chi connectivity index (χ1v) is 10.5. The summed E-state index contributed by atoms with van der Waals surface area (Å²) in [7, 11) is 0. The van der Waals surface area contributed by atoms with E-state index in [2.05, 4.69) is 22.1 Å². The normalized spacial score (nSPS) is 12.0. The van der Waals surface area contributed by atoms with E-state index in [1.807, 2.05) is 72.8 Å². The summed E-state index contributed by atoms with van der Waals surface area (Å²) in [5.74, 6) is 0. The summed E-state index contributed by atoms with van der Waals surface area (Å²) in [5, 5.41) is 2.18. The van der Waals surface area contributed by atoms with Crippen LogP contribution in [0.1, 0.15) is 5.48 Å². The number of thiophene rings is 1. The Kier molecular flexibility index (Phi) is 5.67. The topological polar surface area (TPSA) is 25.8 Å². The Labute approximate surface area is 210 Å². The van der Waals surface area contributed by atoms with Gasteiger partial charge in [-0.25, -0.2) is 0 Å². The molecule has 0 aliphatic heterocycles. The first-order valence-electron chi connectivity index (χ1n) is 11.7. The minimum Gasteiger partial charge on any atom is -0.305 e. The van der Waals surface area contributed by atoms with Crippen LogP contribution in [0.15, 0.2) is 109 Å². The molecule has 3 heterocycles. The van der Waals surface area contributed by atoms with Crippen LogP contribution in [-0.2, 0) is 20.1 Å². The molecule has 0 amide bonds. The van der Waals surface area contributed by atoms with E-state index in [0.29, 0.717) is 5.56 Å². The number of hydrogen-bond donors (Lipinski definition) is 0. The summed E-state index contributed by atoms with van der Waals surface area (Å²) >= 11 is 1.58. The first kappa shape index (κ1) is 17.4. The Morgan fingerprint density at radius 1 is 0.750 bits per heavy atom. The Balaban J connectivity index is 0.000000198. The van der Waals surface area contributed by atoms with Crippen LogP contribution in [0.25, 0.3) is 42.7 Å². The van der Waals surface area contributed by atoms with Gasteiger partial charge >= 0.3 is 0 Å². The van der Waals surface area contributed by atoms with Crippen LogP contribution in [0, 0.1) is 12.1 Å². The molecule has 3 aromatic carbocycles. The largest absolute Gasteiger partial charge is 0.305 e. The molecule has 0 atom stereocenters. The minimum atomic E-state index is -0.317. The molecule has 0 aliphatic rings. The van der Waals surface area contributed by atoms with Gasteiger partial charge in [0.05, 0.1) is 5.48 Å². The molecule has 0 saturated carbocycles. The summed E-state index contributed by atoms with van der Waals surface area (Å²) in [5.41, 5.74) is 2.88. The number of hydrogen-bond acceptors (Lipinski definition) is 3. The van der Waals surface area contributed by atoms with Crippen LogP contribution in [0.3, 0.4) is 0 Å². The van der Waals surface area contributed by atoms with Crippen molar-refractivity contribution in [2.24, 2.45) is 0 Å². The second kappa shape index (κ2) is 10.4. The number of rotatable bonds is 2. The van der Waals surface area contributed by atoms with Crippen molar-refractivity contribution in [3.8, 4) is 22.5 Å². The molecule has 0 saturated heterocycles. The van der Waals surface area contributed by atoms with Crippen molar-refractivity contribution in [3.63, 3.8) is 0 Å². The molecule has 6 rings (SSSR count). The van der Waals surface area contributed by atoms with E-state index in [0.717, 1.165) is 31.4 Å². The molecule has 0 aliphatic carbocycles. The summed E-state index contributed by atoms with van der Waals surface area (Å²) < 4.78 is 33.4. The van der Waals surface area contributed by atoms with E-state index >= 15 is 0 Å². The number of nitrogens with zero attached hydrogens (tertiary/aromatic N) is 2. The fourth-order valence-electron chi connectivity index (χ4n) is 3.29. The molecule has 2 nitrogen and oxygen atoms in total. The van der Waals surface area contributed by atoms with Crippen LogP contribution < -0.4 is 0 Å². The van der Waals surface area contributed by atoms with Gasteiger partial charge in [-0.3, -0.25) is 0 Å². The van der Waals surface area contributed by atoms with Crippen LogP contribution in [0.2, 0.25) is 0 Å². The van der Waals surface area contributed by atoms with Crippen molar-refractivity contribution in [1.82, 2.24) is 9.97 Å². The average molecular weight is 611 g/mol. The van der Waals surface area contributed by atoms with Gasteiger partial charge in [0.1, 0.15) is 0 Å². The van der Waals surface area contributed by atoms with E-state index in [9.17, 15) is 0 Å². The average Bonchev–Trinajstić information content (AvgIpc) is 3.30. The van der Waals surface area contributed by atoms with Crippen molar-refractivity contribution in [2.45, 2.75) is 0 Å². The third-order valence-corrected chi connectivity index (χ3v) is 5.90. The number of benzene rings is 3. The molecule has 0 N–H and O–H groups in total. The predicted octanol–water partition coefficient (Wildman–Crippen LogP) is 7.46. The van der Waals surface area contributed by atoms with Crippen LogP contribution in [-0.4, -0.2) is 9.97 Å². The number of pyridine rings is 2. The quantitative estimate of drug-likeness (QED) is 0.190. The molecule has 3 aromatic heterocycles. The SMILES string of the molecule is [2H]c1nc(-c2[c-]ccc3c2sc2ccccc23)c([2H])c([2H])c1[2H].[Ir].[c-]1ccccc1-c1ccccn1. The van der Waals surface area contributed by atoms with Gasteiger partial charge in [-0.1, -0.05) is 47.8 Å². The zero-order valence-electron chi connectivity index (χ0n) is 20.7. The van der Waals surface area contributed by atoms with Crippen LogP contribution in [0.4, 0.5) is 0 Å². The molecule has 4 heteroatoms. The van der Waals surface area contributed by atoms with E-state index in [1.54, 1.807) is 23.6 Å². The van der Waals surface area contributed by atoms with E-state index in [1.165, 1.54) is 0 Å². The maximum Gasteiger partial charge on any atom is 0.0830 e. The van der Waals surface area contributed by atoms with Gasteiger partial charge in [-0.2, -0.15) is 11.3 Å². The second-order valence-electron chi connectivity index (χ2n) is 6.63. The van der Waals surface area contributed by atoms with Gasteiger partial charge < -0.3 is 9.97 Å². The zero-order chi connectivity index (χ0) is 24.4. The minimum absolute atomic E-state index is 0. The molecule has 0 bridgehead atoms. The van der Waals surface area contributed by atoms with Gasteiger partial charge in [0.25, 0.3) is 0 Å².